The maximum atomic E-state index is 11.7. The number of ether oxygens (including phenoxy) is 1. The summed E-state index contributed by atoms with van der Waals surface area (Å²) in [6, 6.07) is 1.71. The molecule has 0 saturated carbocycles. The third kappa shape index (κ3) is 2.82. The van der Waals surface area contributed by atoms with Gasteiger partial charge in [0.2, 0.25) is 0 Å². The van der Waals surface area contributed by atoms with E-state index in [0.717, 1.165) is 0 Å². The van der Waals surface area contributed by atoms with Crippen LogP contribution in [0.4, 0.5) is 0 Å². The zero-order chi connectivity index (χ0) is 14.9. The Bertz CT molecular complexity index is 700. The number of H-pyrrole nitrogens is 1. The smallest absolute Gasteiger partial charge is 0.330 e. The van der Waals surface area contributed by atoms with Gasteiger partial charge in [-0.3, -0.25) is 14.3 Å². The molecule has 3 atom stereocenters. The van der Waals surface area contributed by atoms with Crippen LogP contribution in [0, 0.1) is 18.3 Å². The van der Waals surface area contributed by atoms with E-state index < -0.39 is 29.7 Å². The molecule has 1 aliphatic heterocycles. The number of halogens is 1. The van der Waals surface area contributed by atoms with Gasteiger partial charge in [0.05, 0.1) is 6.10 Å². The van der Waals surface area contributed by atoms with Crippen molar-refractivity contribution in [3.8, 4) is 6.07 Å². The first kappa shape index (κ1) is 14.5. The molecule has 7 nitrogen and oxygen atoms in total. The van der Waals surface area contributed by atoms with Crippen molar-refractivity contribution in [1.29, 1.82) is 5.26 Å². The van der Waals surface area contributed by atoms with E-state index in [1.54, 1.807) is 13.0 Å². The first-order valence-corrected chi connectivity index (χ1v) is 6.23. The second-order valence-corrected chi connectivity index (χ2v) is 4.87. The molecule has 1 aliphatic rings. The Morgan fingerprint density at radius 3 is 3.05 bits per heavy atom. The van der Waals surface area contributed by atoms with E-state index in [9.17, 15) is 14.7 Å². The van der Waals surface area contributed by atoms with Crippen LogP contribution in [-0.4, -0.2) is 26.9 Å². The standard InChI is InChI=1S/C12H12ClN3O4/c1-6-5-16(12(19)15-11(6)18)10-3-8(17)9(20-10)2-7(13)4-14/h2,5,8-10,17H,3H2,1H3,(H,15,18,19)/b7-2-/t8-,9+,10+/m0/s1. The van der Waals surface area contributed by atoms with Gasteiger partial charge in [-0.05, 0) is 13.0 Å². The van der Waals surface area contributed by atoms with Gasteiger partial charge in [-0.25, -0.2) is 4.79 Å². The molecule has 2 rings (SSSR count). The molecule has 0 radical (unpaired) electrons. The Labute approximate surface area is 118 Å². The van der Waals surface area contributed by atoms with Crippen molar-refractivity contribution in [1.82, 2.24) is 9.55 Å². The van der Waals surface area contributed by atoms with Crippen LogP contribution in [0.25, 0.3) is 0 Å². The number of allylic oxidation sites excluding steroid dienone is 1. The SMILES string of the molecule is Cc1cn([C@H]2C[C@H](O)[C@@H](/C=C(\Cl)C#N)O2)c(=O)[nH]c1=O. The minimum absolute atomic E-state index is 0.0975. The van der Waals surface area contributed by atoms with Gasteiger partial charge in [0.1, 0.15) is 23.4 Å². The predicted octanol–water partition coefficient (Wildman–Crippen LogP) is 0.140. The minimum atomic E-state index is -0.888. The lowest BCUT2D eigenvalue weighted by Gasteiger charge is -2.14. The highest BCUT2D eigenvalue weighted by Crippen LogP contribution is 2.29. The van der Waals surface area contributed by atoms with Gasteiger partial charge in [0, 0.05) is 18.2 Å². The van der Waals surface area contributed by atoms with Gasteiger partial charge in [-0.1, -0.05) is 11.6 Å². The molecule has 0 unspecified atom stereocenters. The molecule has 8 heteroatoms. The van der Waals surface area contributed by atoms with Crippen LogP contribution in [0.15, 0.2) is 26.9 Å². The van der Waals surface area contributed by atoms with E-state index in [-0.39, 0.29) is 11.5 Å². The first-order chi connectivity index (χ1) is 9.42. The summed E-state index contributed by atoms with van der Waals surface area (Å²) in [6.45, 7) is 1.56. The number of aliphatic hydroxyl groups excluding tert-OH is 1. The van der Waals surface area contributed by atoms with Gasteiger partial charge >= 0.3 is 5.69 Å². The number of nitriles is 1. The van der Waals surface area contributed by atoms with E-state index in [1.807, 2.05) is 0 Å². The summed E-state index contributed by atoms with van der Waals surface area (Å²) < 4.78 is 6.69. The molecular weight excluding hydrogens is 286 g/mol. The van der Waals surface area contributed by atoms with Gasteiger partial charge < -0.3 is 9.84 Å². The Kier molecular flexibility index (Phi) is 4.09. The summed E-state index contributed by atoms with van der Waals surface area (Å²) in [5.74, 6) is 0. The summed E-state index contributed by atoms with van der Waals surface area (Å²) in [4.78, 5) is 25.2. The number of hydrogen-bond donors (Lipinski definition) is 2. The average molecular weight is 298 g/mol. The number of nitrogens with zero attached hydrogens (tertiary/aromatic N) is 2. The monoisotopic (exact) mass is 297 g/mol. The maximum Gasteiger partial charge on any atom is 0.330 e. The lowest BCUT2D eigenvalue weighted by Crippen LogP contribution is -2.33. The van der Waals surface area contributed by atoms with Gasteiger partial charge in [0.25, 0.3) is 5.56 Å². The molecule has 0 spiro atoms. The largest absolute Gasteiger partial charge is 0.390 e. The Morgan fingerprint density at radius 1 is 1.70 bits per heavy atom. The molecule has 1 aromatic rings. The van der Waals surface area contributed by atoms with Crippen LogP contribution in [0.2, 0.25) is 0 Å². The quantitative estimate of drug-likeness (QED) is 0.755. The fourth-order valence-electron chi connectivity index (χ4n) is 1.98. The van der Waals surface area contributed by atoms with E-state index in [1.165, 1.54) is 16.8 Å². The number of hydrogen-bond acceptors (Lipinski definition) is 5. The van der Waals surface area contributed by atoms with E-state index in [4.69, 9.17) is 21.6 Å². The van der Waals surface area contributed by atoms with Crippen LogP contribution in [-0.2, 0) is 4.74 Å². The molecule has 20 heavy (non-hydrogen) atoms. The predicted molar refractivity (Wildman–Crippen MR) is 70.1 cm³/mol. The third-order valence-electron chi connectivity index (χ3n) is 3.01. The minimum Gasteiger partial charge on any atom is -0.390 e. The molecule has 2 heterocycles. The summed E-state index contributed by atoms with van der Waals surface area (Å²) in [6.07, 6.45) is 0.430. The van der Waals surface area contributed by atoms with Gasteiger partial charge in [-0.15, -0.1) is 0 Å². The Hall–Kier alpha value is -1.88. The van der Waals surface area contributed by atoms with E-state index in [2.05, 4.69) is 4.98 Å². The fourth-order valence-corrected chi connectivity index (χ4v) is 2.10. The summed E-state index contributed by atoms with van der Waals surface area (Å²) in [5, 5.41) is 18.4. The molecule has 1 fully saturated rings. The average Bonchev–Trinajstić information content (AvgIpc) is 2.75. The van der Waals surface area contributed by atoms with Crippen molar-refractivity contribution in [3.63, 3.8) is 0 Å². The highest BCUT2D eigenvalue weighted by atomic mass is 35.5. The molecule has 2 N–H and O–H groups in total. The number of nitrogens with one attached hydrogen (secondary N) is 1. The van der Waals surface area contributed by atoms with Crippen LogP contribution >= 0.6 is 11.6 Å². The topological polar surface area (TPSA) is 108 Å². The van der Waals surface area contributed by atoms with Crippen LogP contribution < -0.4 is 11.2 Å². The van der Waals surface area contributed by atoms with Crippen LogP contribution in [0.1, 0.15) is 18.2 Å². The summed E-state index contributed by atoms with van der Waals surface area (Å²) >= 11 is 5.57. The van der Waals surface area contributed by atoms with Gasteiger partial charge in [-0.2, -0.15) is 5.26 Å². The van der Waals surface area contributed by atoms with E-state index >= 15 is 0 Å². The molecule has 0 bridgehead atoms. The van der Waals surface area contributed by atoms with Crippen molar-refractivity contribution in [2.75, 3.05) is 0 Å². The molecule has 0 aliphatic carbocycles. The lowest BCUT2D eigenvalue weighted by molar-refractivity contribution is 0.00465. The van der Waals surface area contributed by atoms with Crippen molar-refractivity contribution < 1.29 is 9.84 Å². The maximum absolute atomic E-state index is 11.7. The van der Waals surface area contributed by atoms with Crippen molar-refractivity contribution in [2.24, 2.45) is 0 Å². The second-order valence-electron chi connectivity index (χ2n) is 4.46. The number of aryl methyl sites for hydroxylation is 1. The Balaban J connectivity index is 2.30. The van der Waals surface area contributed by atoms with Gasteiger partial charge in [0.15, 0.2) is 0 Å². The molecule has 1 aromatic heterocycles. The zero-order valence-corrected chi connectivity index (χ0v) is 11.3. The molecule has 106 valence electrons. The Morgan fingerprint density at radius 2 is 2.40 bits per heavy atom. The highest BCUT2D eigenvalue weighted by molar-refractivity contribution is 6.31. The molecule has 0 amide bonds. The van der Waals surface area contributed by atoms with Crippen LogP contribution in [0.5, 0.6) is 0 Å². The van der Waals surface area contributed by atoms with Crippen LogP contribution in [0.3, 0.4) is 0 Å². The van der Waals surface area contributed by atoms with Crippen molar-refractivity contribution in [3.05, 3.63) is 43.7 Å². The fraction of sp³-hybridized carbons (Fsp3) is 0.417. The summed E-state index contributed by atoms with van der Waals surface area (Å²) in [7, 11) is 0. The van der Waals surface area contributed by atoms with E-state index in [0.29, 0.717) is 5.56 Å². The third-order valence-corrected chi connectivity index (χ3v) is 3.22. The normalized spacial score (nSPS) is 26.5. The van der Waals surface area contributed by atoms with Crippen molar-refractivity contribution in [2.45, 2.75) is 31.8 Å². The lowest BCUT2D eigenvalue weighted by atomic mass is 10.1. The first-order valence-electron chi connectivity index (χ1n) is 5.85. The number of aromatic nitrogens is 2. The highest BCUT2D eigenvalue weighted by Gasteiger charge is 2.34. The number of rotatable bonds is 2. The molecular formula is C12H12ClN3O4. The zero-order valence-electron chi connectivity index (χ0n) is 10.5. The summed E-state index contributed by atoms with van der Waals surface area (Å²) in [5.41, 5.74) is -0.723. The number of aliphatic hydroxyl groups is 1. The number of aromatic amines is 1. The molecule has 1 saturated heterocycles. The second kappa shape index (κ2) is 5.63. The van der Waals surface area contributed by atoms with Crippen molar-refractivity contribution >= 4 is 11.6 Å². The molecule has 0 aromatic carbocycles.